The Balaban J connectivity index is 1.52. The molecule has 0 atom stereocenters. The molecule has 6 heteroatoms. The van der Waals surface area contributed by atoms with Crippen molar-refractivity contribution in [2.24, 2.45) is 0 Å². The molecule has 0 spiro atoms. The van der Waals surface area contributed by atoms with Crippen LogP contribution in [0.3, 0.4) is 0 Å². The fourth-order valence-corrected chi connectivity index (χ4v) is 2.92. The van der Waals surface area contributed by atoms with E-state index in [9.17, 15) is 0 Å². The number of furan rings is 1. The van der Waals surface area contributed by atoms with E-state index in [1.807, 2.05) is 39.1 Å². The van der Waals surface area contributed by atoms with Crippen LogP contribution >= 0.6 is 0 Å². The summed E-state index contributed by atoms with van der Waals surface area (Å²) in [4.78, 5) is 2.09. The van der Waals surface area contributed by atoms with Gasteiger partial charge in [0.15, 0.2) is 0 Å². The van der Waals surface area contributed by atoms with Crippen LogP contribution < -0.4 is 4.74 Å². The highest BCUT2D eigenvalue weighted by molar-refractivity contribution is 5.55. The van der Waals surface area contributed by atoms with Crippen molar-refractivity contribution in [3.8, 4) is 17.2 Å². The summed E-state index contributed by atoms with van der Waals surface area (Å²) in [5, 5.41) is 8.26. The van der Waals surface area contributed by atoms with Crippen LogP contribution in [0.1, 0.15) is 28.5 Å². The minimum atomic E-state index is 0.495. The van der Waals surface area contributed by atoms with Crippen LogP contribution in [0.4, 0.5) is 0 Å². The third kappa shape index (κ3) is 4.52. The molecule has 3 rings (SSSR count). The van der Waals surface area contributed by atoms with Crippen molar-refractivity contribution in [1.29, 1.82) is 0 Å². The van der Waals surface area contributed by atoms with Crippen LogP contribution in [0.15, 0.2) is 33.1 Å². The quantitative estimate of drug-likeness (QED) is 0.636. The number of hydrogen-bond acceptors (Lipinski definition) is 6. The molecule has 0 aliphatic heterocycles. The van der Waals surface area contributed by atoms with Crippen LogP contribution in [-0.2, 0) is 6.54 Å². The number of nitrogens with zero attached hydrogens (tertiary/aromatic N) is 3. The Kier molecular flexibility index (Phi) is 5.42. The third-order valence-electron chi connectivity index (χ3n) is 4.08. The van der Waals surface area contributed by atoms with E-state index < -0.39 is 0 Å². The number of rotatable bonds is 7. The lowest BCUT2D eigenvalue weighted by Crippen LogP contribution is -2.24. The van der Waals surface area contributed by atoms with E-state index in [1.54, 1.807) is 0 Å². The summed E-state index contributed by atoms with van der Waals surface area (Å²) in [6, 6.07) is 8.14. The van der Waals surface area contributed by atoms with Gasteiger partial charge in [-0.25, -0.2) is 0 Å². The lowest BCUT2D eigenvalue weighted by Gasteiger charge is -2.15. The number of hydrogen-bond donors (Lipinski definition) is 0. The lowest BCUT2D eigenvalue weighted by atomic mass is 10.1. The number of aromatic nitrogens is 2. The summed E-state index contributed by atoms with van der Waals surface area (Å²) in [6.07, 6.45) is 0. The van der Waals surface area contributed by atoms with Gasteiger partial charge in [0.1, 0.15) is 23.9 Å². The molecule has 0 saturated heterocycles. The van der Waals surface area contributed by atoms with E-state index in [1.165, 1.54) is 11.1 Å². The topological polar surface area (TPSA) is 64.5 Å². The molecule has 0 unspecified atom stereocenters. The minimum Gasteiger partial charge on any atom is -0.492 e. The number of likely N-dealkylation sites (N-methyl/N-ethyl adjacent to an activating group) is 1. The summed E-state index contributed by atoms with van der Waals surface area (Å²) < 4.78 is 17.1. The summed E-state index contributed by atoms with van der Waals surface area (Å²) in [5.41, 5.74) is 3.26. The van der Waals surface area contributed by atoms with E-state index >= 15 is 0 Å². The van der Waals surface area contributed by atoms with E-state index in [4.69, 9.17) is 13.6 Å². The summed E-state index contributed by atoms with van der Waals surface area (Å²) in [7, 11) is 2.00. The Hall–Kier alpha value is -2.60. The largest absolute Gasteiger partial charge is 0.492 e. The first-order valence-corrected chi connectivity index (χ1v) is 8.70. The van der Waals surface area contributed by atoms with Gasteiger partial charge in [0, 0.05) is 6.54 Å². The Morgan fingerprint density at radius 2 is 1.69 bits per heavy atom. The third-order valence-corrected chi connectivity index (χ3v) is 4.08. The van der Waals surface area contributed by atoms with Gasteiger partial charge < -0.3 is 13.6 Å². The van der Waals surface area contributed by atoms with Crippen molar-refractivity contribution in [3.63, 3.8) is 0 Å². The maximum atomic E-state index is 5.85. The zero-order valence-electron chi connectivity index (χ0n) is 16.0. The van der Waals surface area contributed by atoms with Crippen LogP contribution in [-0.4, -0.2) is 35.3 Å². The molecule has 0 saturated carbocycles. The maximum Gasteiger partial charge on any atom is 0.251 e. The molecule has 0 bridgehead atoms. The van der Waals surface area contributed by atoms with Crippen molar-refractivity contribution >= 4 is 0 Å². The van der Waals surface area contributed by atoms with Crippen molar-refractivity contribution < 1.29 is 13.6 Å². The second-order valence-corrected chi connectivity index (χ2v) is 6.74. The van der Waals surface area contributed by atoms with Gasteiger partial charge in [0.05, 0.1) is 12.1 Å². The van der Waals surface area contributed by atoms with Gasteiger partial charge in [-0.15, -0.1) is 10.2 Å². The van der Waals surface area contributed by atoms with Crippen molar-refractivity contribution in [2.75, 3.05) is 20.2 Å². The van der Waals surface area contributed by atoms with Gasteiger partial charge in [-0.05, 0) is 64.1 Å². The molecule has 1 aromatic carbocycles. The van der Waals surface area contributed by atoms with Crippen LogP contribution in [0.25, 0.3) is 11.5 Å². The first-order chi connectivity index (χ1) is 12.4. The van der Waals surface area contributed by atoms with Gasteiger partial charge in [-0.2, -0.15) is 0 Å². The van der Waals surface area contributed by atoms with Gasteiger partial charge in [-0.1, -0.05) is 6.07 Å². The van der Waals surface area contributed by atoms with Gasteiger partial charge in [0.2, 0.25) is 5.89 Å². The van der Waals surface area contributed by atoms with E-state index in [0.717, 1.165) is 29.4 Å². The molecule has 2 heterocycles. The van der Waals surface area contributed by atoms with E-state index in [-0.39, 0.29) is 0 Å². The molecular formula is C20H25N3O3. The van der Waals surface area contributed by atoms with Crippen molar-refractivity contribution in [2.45, 2.75) is 34.2 Å². The van der Waals surface area contributed by atoms with Crippen LogP contribution in [0.2, 0.25) is 0 Å². The molecule has 138 valence electrons. The molecule has 3 aromatic rings. The highest BCUT2D eigenvalue weighted by Crippen LogP contribution is 2.25. The number of aryl methyl sites for hydroxylation is 4. The molecule has 0 aliphatic carbocycles. The van der Waals surface area contributed by atoms with Crippen molar-refractivity contribution in [3.05, 3.63) is 52.8 Å². The average Bonchev–Trinajstić information content (AvgIpc) is 3.12. The van der Waals surface area contributed by atoms with Crippen LogP contribution in [0.5, 0.6) is 5.75 Å². The SMILES string of the molecule is Cc1cc(C)cc(OCCN(C)Cc2nnc(-c3cc(C)oc3C)o2)c1. The fraction of sp³-hybridized carbons (Fsp3) is 0.400. The molecule has 6 nitrogen and oxygen atoms in total. The Morgan fingerprint density at radius 1 is 0.962 bits per heavy atom. The summed E-state index contributed by atoms with van der Waals surface area (Å²) in [5.74, 6) is 3.59. The Labute approximate surface area is 153 Å². The predicted octanol–water partition coefficient (Wildman–Crippen LogP) is 4.07. The molecule has 0 fully saturated rings. The van der Waals surface area contributed by atoms with E-state index in [0.29, 0.717) is 24.9 Å². The van der Waals surface area contributed by atoms with Crippen LogP contribution in [0, 0.1) is 27.7 Å². The number of ether oxygens (including phenoxy) is 1. The van der Waals surface area contributed by atoms with Gasteiger partial charge in [-0.3, -0.25) is 4.90 Å². The summed E-state index contributed by atoms with van der Waals surface area (Å²) in [6.45, 7) is 9.86. The fourth-order valence-electron chi connectivity index (χ4n) is 2.92. The molecular weight excluding hydrogens is 330 g/mol. The first kappa shape index (κ1) is 18.2. The second-order valence-electron chi connectivity index (χ2n) is 6.74. The average molecular weight is 355 g/mol. The molecule has 0 aliphatic rings. The normalized spacial score (nSPS) is 11.3. The minimum absolute atomic E-state index is 0.495. The van der Waals surface area contributed by atoms with Crippen molar-refractivity contribution in [1.82, 2.24) is 15.1 Å². The zero-order valence-corrected chi connectivity index (χ0v) is 16.0. The standard InChI is InChI=1S/C20H25N3O3/c1-13-8-14(2)10-17(9-13)24-7-6-23(5)12-19-21-22-20(26-19)18-11-15(3)25-16(18)4/h8-11H,6-7,12H2,1-5H3. The molecule has 0 amide bonds. The Bertz CT molecular complexity index is 862. The molecule has 0 radical (unpaired) electrons. The summed E-state index contributed by atoms with van der Waals surface area (Å²) >= 11 is 0. The maximum absolute atomic E-state index is 5.85. The lowest BCUT2D eigenvalue weighted by molar-refractivity contribution is 0.220. The van der Waals surface area contributed by atoms with Gasteiger partial charge in [0.25, 0.3) is 5.89 Å². The Morgan fingerprint density at radius 3 is 2.35 bits per heavy atom. The molecule has 2 aromatic heterocycles. The second kappa shape index (κ2) is 7.74. The zero-order chi connectivity index (χ0) is 18.7. The van der Waals surface area contributed by atoms with Gasteiger partial charge >= 0.3 is 0 Å². The highest BCUT2D eigenvalue weighted by Gasteiger charge is 2.15. The first-order valence-electron chi connectivity index (χ1n) is 8.70. The molecule has 26 heavy (non-hydrogen) atoms. The van der Waals surface area contributed by atoms with E-state index in [2.05, 4.69) is 35.0 Å². The molecule has 0 N–H and O–H groups in total. The smallest absolute Gasteiger partial charge is 0.251 e. The number of benzene rings is 1. The predicted molar refractivity (Wildman–Crippen MR) is 99.2 cm³/mol. The highest BCUT2D eigenvalue weighted by atomic mass is 16.5. The monoisotopic (exact) mass is 355 g/mol.